The number of hydrogen-bond acceptors (Lipinski definition) is 4. The highest BCUT2D eigenvalue weighted by Gasteiger charge is 2.14. The molecule has 0 radical (unpaired) electrons. The van der Waals surface area contributed by atoms with Gasteiger partial charge in [-0.1, -0.05) is 49.4 Å². The first-order chi connectivity index (χ1) is 12.1. The molecule has 0 heterocycles. The van der Waals surface area contributed by atoms with E-state index in [2.05, 4.69) is 10.6 Å². The number of carbonyl (C=O) groups is 1. The van der Waals surface area contributed by atoms with Gasteiger partial charge >= 0.3 is 0 Å². The van der Waals surface area contributed by atoms with E-state index in [4.69, 9.17) is 4.74 Å². The molecule has 134 valence electrons. The summed E-state index contributed by atoms with van der Waals surface area (Å²) in [6, 6.07) is 17.2. The van der Waals surface area contributed by atoms with Crippen molar-refractivity contribution in [2.45, 2.75) is 19.6 Å². The molecule has 0 aromatic heterocycles. The first-order valence-electron chi connectivity index (χ1n) is 8.47. The Kier molecular flexibility index (Phi) is 7.44. The fourth-order valence-corrected chi connectivity index (χ4v) is 2.44. The van der Waals surface area contributed by atoms with Gasteiger partial charge in [0, 0.05) is 19.0 Å². The molecule has 0 fully saturated rings. The van der Waals surface area contributed by atoms with Crippen LogP contribution in [0.1, 0.15) is 24.2 Å². The summed E-state index contributed by atoms with van der Waals surface area (Å²) in [4.78, 5) is 11.9. The van der Waals surface area contributed by atoms with Gasteiger partial charge in [-0.3, -0.25) is 4.79 Å². The summed E-state index contributed by atoms with van der Waals surface area (Å²) < 4.78 is 5.77. The molecular weight excluding hydrogens is 316 g/mol. The van der Waals surface area contributed by atoms with Gasteiger partial charge in [0.2, 0.25) is 5.91 Å². The van der Waals surface area contributed by atoms with Gasteiger partial charge in [-0.2, -0.15) is 0 Å². The van der Waals surface area contributed by atoms with Crippen molar-refractivity contribution >= 4 is 5.91 Å². The Balaban J connectivity index is 1.88. The third kappa shape index (κ3) is 6.21. The molecule has 5 heteroatoms. The van der Waals surface area contributed by atoms with Crippen LogP contribution in [0.25, 0.3) is 0 Å². The van der Waals surface area contributed by atoms with Crippen molar-refractivity contribution in [1.82, 2.24) is 10.6 Å². The van der Waals surface area contributed by atoms with Crippen molar-refractivity contribution in [3.63, 3.8) is 0 Å². The van der Waals surface area contributed by atoms with E-state index < -0.39 is 6.10 Å². The maximum atomic E-state index is 11.9. The summed E-state index contributed by atoms with van der Waals surface area (Å²) in [7, 11) is 1.81. The monoisotopic (exact) mass is 342 g/mol. The van der Waals surface area contributed by atoms with Crippen LogP contribution in [0.15, 0.2) is 54.6 Å². The van der Waals surface area contributed by atoms with Crippen molar-refractivity contribution < 1.29 is 14.6 Å². The number of hydrogen-bond donors (Lipinski definition) is 3. The molecule has 0 aliphatic carbocycles. The number of aliphatic hydroxyl groups excluding tert-OH is 1. The summed E-state index contributed by atoms with van der Waals surface area (Å²) >= 11 is 0. The number of rotatable bonds is 9. The lowest BCUT2D eigenvalue weighted by atomic mass is 10.1. The van der Waals surface area contributed by atoms with Gasteiger partial charge in [0.15, 0.2) is 0 Å². The van der Waals surface area contributed by atoms with E-state index >= 15 is 0 Å². The molecule has 2 rings (SSSR count). The van der Waals surface area contributed by atoms with E-state index in [1.807, 2.05) is 55.5 Å². The third-order valence-corrected chi connectivity index (χ3v) is 3.92. The molecule has 3 N–H and O–H groups in total. The molecule has 2 aromatic rings. The second kappa shape index (κ2) is 9.81. The highest BCUT2D eigenvalue weighted by molar-refractivity contribution is 5.78. The fraction of sp³-hybridized carbons (Fsp3) is 0.350. The van der Waals surface area contributed by atoms with Crippen LogP contribution >= 0.6 is 0 Å². The number of aliphatic hydroxyl groups is 1. The number of nitrogens with one attached hydrogen (secondary N) is 2. The smallest absolute Gasteiger partial charge is 0.224 e. The van der Waals surface area contributed by atoms with Crippen LogP contribution in [0.5, 0.6) is 5.75 Å². The van der Waals surface area contributed by atoms with Gasteiger partial charge in [-0.15, -0.1) is 0 Å². The lowest BCUT2D eigenvalue weighted by Gasteiger charge is -2.16. The van der Waals surface area contributed by atoms with Crippen LogP contribution in [-0.2, 0) is 11.4 Å². The molecular formula is C20H26N2O3. The van der Waals surface area contributed by atoms with E-state index in [-0.39, 0.29) is 18.4 Å². The first-order valence-corrected chi connectivity index (χ1v) is 8.47. The van der Waals surface area contributed by atoms with Crippen LogP contribution in [0, 0.1) is 5.92 Å². The zero-order valence-corrected chi connectivity index (χ0v) is 14.7. The van der Waals surface area contributed by atoms with Crippen molar-refractivity contribution in [1.29, 1.82) is 0 Å². The predicted molar refractivity (Wildman–Crippen MR) is 98.3 cm³/mol. The Labute approximate surface area is 149 Å². The Bertz CT molecular complexity index is 661. The van der Waals surface area contributed by atoms with Gasteiger partial charge in [-0.05, 0) is 30.3 Å². The van der Waals surface area contributed by atoms with E-state index in [9.17, 15) is 9.90 Å². The van der Waals surface area contributed by atoms with E-state index in [0.29, 0.717) is 24.5 Å². The van der Waals surface area contributed by atoms with Gasteiger partial charge < -0.3 is 20.5 Å². The number of carbonyl (C=O) groups excluding carboxylic acids is 1. The fourth-order valence-electron chi connectivity index (χ4n) is 2.44. The molecule has 1 amide bonds. The number of benzene rings is 2. The second-order valence-corrected chi connectivity index (χ2v) is 6.07. The Morgan fingerprint density at radius 3 is 2.60 bits per heavy atom. The lowest BCUT2D eigenvalue weighted by molar-refractivity contribution is -0.124. The Morgan fingerprint density at radius 1 is 1.12 bits per heavy atom. The first kappa shape index (κ1) is 19.0. The average Bonchev–Trinajstić information content (AvgIpc) is 2.65. The van der Waals surface area contributed by atoms with Crippen LogP contribution < -0.4 is 15.4 Å². The summed E-state index contributed by atoms with van der Waals surface area (Å²) in [5.41, 5.74) is 1.80. The zero-order valence-electron chi connectivity index (χ0n) is 14.7. The number of amides is 1. The van der Waals surface area contributed by atoms with Gasteiger partial charge in [0.25, 0.3) is 0 Å². The second-order valence-electron chi connectivity index (χ2n) is 6.07. The predicted octanol–water partition coefficient (Wildman–Crippen LogP) is 2.27. The number of ether oxygens (including phenoxy) is 1. The molecule has 0 aliphatic heterocycles. The topological polar surface area (TPSA) is 70.6 Å². The summed E-state index contributed by atoms with van der Waals surface area (Å²) in [6.07, 6.45) is -0.772. The van der Waals surface area contributed by atoms with Crippen LogP contribution in [0.4, 0.5) is 0 Å². The van der Waals surface area contributed by atoms with Gasteiger partial charge in [0.1, 0.15) is 12.4 Å². The highest BCUT2D eigenvalue weighted by atomic mass is 16.5. The minimum atomic E-state index is -0.772. The van der Waals surface area contributed by atoms with Crippen LogP contribution in [0.3, 0.4) is 0 Å². The van der Waals surface area contributed by atoms with E-state index in [1.54, 1.807) is 13.1 Å². The van der Waals surface area contributed by atoms with Crippen molar-refractivity contribution in [2.24, 2.45) is 5.92 Å². The van der Waals surface area contributed by atoms with Gasteiger partial charge in [-0.25, -0.2) is 0 Å². The quantitative estimate of drug-likeness (QED) is 0.654. The maximum absolute atomic E-state index is 11.9. The van der Waals surface area contributed by atoms with Gasteiger partial charge in [0.05, 0.1) is 6.10 Å². The molecule has 0 bridgehead atoms. The minimum Gasteiger partial charge on any atom is -0.489 e. The largest absolute Gasteiger partial charge is 0.489 e. The molecule has 0 saturated heterocycles. The highest BCUT2D eigenvalue weighted by Crippen LogP contribution is 2.20. The van der Waals surface area contributed by atoms with Crippen LogP contribution in [0.2, 0.25) is 0 Å². The maximum Gasteiger partial charge on any atom is 0.224 e. The molecule has 2 atom stereocenters. The summed E-state index contributed by atoms with van der Waals surface area (Å²) in [6.45, 7) is 3.09. The van der Waals surface area contributed by atoms with E-state index in [1.165, 1.54) is 0 Å². The van der Waals surface area contributed by atoms with Crippen molar-refractivity contribution in [3.8, 4) is 5.75 Å². The minimum absolute atomic E-state index is 0.0788. The molecule has 0 spiro atoms. The molecule has 2 unspecified atom stereocenters. The summed E-state index contributed by atoms with van der Waals surface area (Å²) in [5.74, 6) is 0.470. The Morgan fingerprint density at radius 2 is 1.88 bits per heavy atom. The normalized spacial score (nSPS) is 13.1. The van der Waals surface area contributed by atoms with E-state index in [0.717, 1.165) is 5.56 Å². The molecule has 5 nitrogen and oxygen atoms in total. The SMILES string of the molecule is CNCC(C)C(=O)NCC(O)c1cccc(OCc2ccccc2)c1. The van der Waals surface area contributed by atoms with Crippen molar-refractivity contribution in [2.75, 3.05) is 20.1 Å². The summed E-state index contributed by atoms with van der Waals surface area (Å²) in [5, 5.41) is 16.0. The molecule has 0 saturated carbocycles. The van der Waals surface area contributed by atoms with Crippen LogP contribution in [-0.4, -0.2) is 31.2 Å². The zero-order chi connectivity index (χ0) is 18.1. The molecule has 25 heavy (non-hydrogen) atoms. The third-order valence-electron chi connectivity index (χ3n) is 3.92. The Hall–Kier alpha value is -2.37. The average molecular weight is 342 g/mol. The molecule has 0 aliphatic rings. The molecule has 2 aromatic carbocycles. The van der Waals surface area contributed by atoms with Crippen molar-refractivity contribution in [3.05, 3.63) is 65.7 Å². The standard InChI is InChI=1S/C20H26N2O3/c1-15(12-21-2)20(24)22-13-19(23)17-9-6-10-18(11-17)25-14-16-7-4-3-5-8-16/h3-11,15,19,21,23H,12-14H2,1-2H3,(H,22,24). The lowest BCUT2D eigenvalue weighted by Crippen LogP contribution is -2.36.